The minimum Gasteiger partial charge on any atom is -0.457 e. The first-order chi connectivity index (χ1) is 28.6. The molecule has 1 heterocycles. The van der Waals surface area contributed by atoms with Crippen LogP contribution >= 0.6 is 0 Å². The molecule has 1 fully saturated rings. The summed E-state index contributed by atoms with van der Waals surface area (Å²) in [6.07, 6.45) is 34.6. The molecule has 4 N–H and O–H groups in total. The highest BCUT2D eigenvalue weighted by atomic mass is 32.3. The quantitative estimate of drug-likeness (QED) is 0.0199. The molecular weight excluding hydrogens is 777 g/mol. The van der Waals surface area contributed by atoms with Crippen molar-refractivity contribution in [1.29, 1.82) is 0 Å². The van der Waals surface area contributed by atoms with Crippen molar-refractivity contribution in [3.05, 3.63) is 36.5 Å². The van der Waals surface area contributed by atoms with E-state index in [1.165, 1.54) is 89.9 Å². The van der Waals surface area contributed by atoms with Gasteiger partial charge in [-0.3, -0.25) is 9.35 Å². The van der Waals surface area contributed by atoms with E-state index in [9.17, 15) is 28.5 Å². The lowest BCUT2D eigenvalue weighted by Crippen LogP contribution is -2.60. The molecule has 0 amide bonds. The van der Waals surface area contributed by atoms with Gasteiger partial charge in [0.05, 0.1) is 19.8 Å². The van der Waals surface area contributed by atoms with Crippen LogP contribution in [0, 0.1) is 0 Å². The zero-order valence-electron chi connectivity index (χ0n) is 36.8. The van der Waals surface area contributed by atoms with Gasteiger partial charge in [0, 0.05) is 13.0 Å². The second-order valence-corrected chi connectivity index (χ2v) is 17.0. The third-order valence-electron chi connectivity index (χ3n) is 10.5. The first-order valence-electron chi connectivity index (χ1n) is 23.2. The largest absolute Gasteiger partial charge is 0.457 e. The van der Waals surface area contributed by atoms with Crippen LogP contribution in [0.2, 0.25) is 0 Å². The molecule has 346 valence electrons. The van der Waals surface area contributed by atoms with E-state index in [0.29, 0.717) is 13.0 Å². The van der Waals surface area contributed by atoms with Crippen molar-refractivity contribution < 1.29 is 56.2 Å². The molecule has 13 heteroatoms. The van der Waals surface area contributed by atoms with Gasteiger partial charge in [-0.1, -0.05) is 166 Å². The third kappa shape index (κ3) is 31.8. The summed E-state index contributed by atoms with van der Waals surface area (Å²) in [7, 11) is -5.06. The Hall–Kier alpha value is -1.68. The summed E-state index contributed by atoms with van der Waals surface area (Å²) < 4.78 is 59.0. The molecule has 0 aliphatic carbocycles. The fourth-order valence-corrected chi connectivity index (χ4v) is 7.48. The van der Waals surface area contributed by atoms with Gasteiger partial charge in [0.2, 0.25) is 0 Å². The minimum atomic E-state index is -5.06. The Morgan fingerprint density at radius 2 is 1.12 bits per heavy atom. The van der Waals surface area contributed by atoms with E-state index in [1.807, 2.05) is 0 Å². The number of hydrogen-bond acceptors (Lipinski definition) is 11. The Morgan fingerprint density at radius 3 is 1.63 bits per heavy atom. The van der Waals surface area contributed by atoms with Gasteiger partial charge in [-0.25, -0.2) is 4.18 Å². The number of carbonyl (C=O) groups is 1. The average Bonchev–Trinajstić information content (AvgIpc) is 3.20. The van der Waals surface area contributed by atoms with Crippen LogP contribution in [-0.2, 0) is 38.3 Å². The number of rotatable bonds is 40. The molecule has 0 aromatic rings. The maximum absolute atomic E-state index is 12.8. The van der Waals surface area contributed by atoms with Crippen molar-refractivity contribution in [2.45, 2.75) is 224 Å². The highest BCUT2D eigenvalue weighted by Crippen LogP contribution is 2.26. The van der Waals surface area contributed by atoms with Gasteiger partial charge in [-0.05, 0) is 51.4 Å². The molecule has 0 saturated carbocycles. The van der Waals surface area contributed by atoms with Gasteiger partial charge in [0.1, 0.15) is 30.5 Å². The average molecular weight is 861 g/mol. The summed E-state index contributed by atoms with van der Waals surface area (Å²) in [6, 6.07) is 0. The van der Waals surface area contributed by atoms with Gasteiger partial charge < -0.3 is 34.3 Å². The van der Waals surface area contributed by atoms with Gasteiger partial charge in [-0.15, -0.1) is 0 Å². The number of ether oxygens (including phenoxy) is 4. The molecule has 6 unspecified atom stereocenters. The van der Waals surface area contributed by atoms with Crippen molar-refractivity contribution in [3.8, 4) is 0 Å². The SMILES string of the molecule is CCCCCCC/C=C\C/C=C\C/C=C\CCCCCCCCC(=O)OC(COCCCCCCCCCCCCC)COC1OC(CO)C(O)C(OS(=O)(=O)O)C1O. The van der Waals surface area contributed by atoms with Crippen molar-refractivity contribution >= 4 is 16.4 Å². The van der Waals surface area contributed by atoms with Gasteiger partial charge in [0.25, 0.3) is 0 Å². The molecule has 1 rings (SSSR count). The van der Waals surface area contributed by atoms with E-state index in [1.54, 1.807) is 0 Å². The number of esters is 1. The summed E-state index contributed by atoms with van der Waals surface area (Å²) in [6.45, 7) is 3.96. The topological polar surface area (TPSA) is 178 Å². The zero-order chi connectivity index (χ0) is 43.2. The van der Waals surface area contributed by atoms with E-state index in [2.05, 4.69) is 54.5 Å². The van der Waals surface area contributed by atoms with E-state index in [-0.39, 0.29) is 19.6 Å². The molecular formula is C46H84O12S. The lowest BCUT2D eigenvalue weighted by Gasteiger charge is -2.41. The van der Waals surface area contributed by atoms with Crippen LogP contribution in [-0.4, -0.2) is 97.5 Å². The standard InChI is InChI=1S/C46H84O12S/c1-3-5-7-9-11-13-15-16-17-18-19-20-21-22-23-24-25-27-29-31-33-35-42(48)56-40(38-54-36-34-32-30-28-26-14-12-10-8-6-4-2)39-55-46-44(50)45(58-59(51,52)53)43(49)41(37-47)57-46/h15-16,18-19,21-22,40-41,43-47,49-50H,3-14,17,20,23-39H2,1-2H3,(H,51,52,53)/b16-15-,19-18-,22-21-. The molecule has 1 aliphatic rings. The van der Waals surface area contributed by atoms with Crippen LogP contribution < -0.4 is 0 Å². The molecule has 6 atom stereocenters. The Morgan fingerprint density at radius 1 is 0.644 bits per heavy atom. The van der Waals surface area contributed by atoms with Crippen LogP contribution in [0.4, 0.5) is 0 Å². The molecule has 12 nitrogen and oxygen atoms in total. The summed E-state index contributed by atoms with van der Waals surface area (Å²) in [5.41, 5.74) is 0. The molecule has 1 aliphatic heterocycles. The van der Waals surface area contributed by atoms with Crippen LogP contribution in [0.3, 0.4) is 0 Å². The number of allylic oxidation sites excluding steroid dienone is 6. The highest BCUT2D eigenvalue weighted by molar-refractivity contribution is 7.80. The van der Waals surface area contributed by atoms with Crippen molar-refractivity contribution in [2.75, 3.05) is 26.4 Å². The number of aliphatic hydroxyl groups is 3. The first kappa shape index (κ1) is 55.3. The summed E-state index contributed by atoms with van der Waals surface area (Å²) >= 11 is 0. The van der Waals surface area contributed by atoms with Crippen molar-refractivity contribution in [1.82, 2.24) is 0 Å². The number of aliphatic hydroxyl groups excluding tert-OH is 3. The van der Waals surface area contributed by atoms with Gasteiger partial charge in [0.15, 0.2) is 6.29 Å². The molecule has 0 bridgehead atoms. The third-order valence-corrected chi connectivity index (χ3v) is 11.0. The van der Waals surface area contributed by atoms with Crippen LogP contribution in [0.5, 0.6) is 0 Å². The predicted molar refractivity (Wildman–Crippen MR) is 234 cm³/mol. The smallest absolute Gasteiger partial charge is 0.397 e. The number of unbranched alkanes of at least 4 members (excludes halogenated alkanes) is 21. The van der Waals surface area contributed by atoms with Crippen molar-refractivity contribution in [3.63, 3.8) is 0 Å². The van der Waals surface area contributed by atoms with E-state index in [0.717, 1.165) is 70.6 Å². The van der Waals surface area contributed by atoms with Crippen LogP contribution in [0.25, 0.3) is 0 Å². The van der Waals surface area contributed by atoms with Crippen LogP contribution in [0.15, 0.2) is 36.5 Å². The minimum absolute atomic E-state index is 0.0324. The Labute approximate surface area is 358 Å². The molecule has 0 aromatic heterocycles. The van der Waals surface area contributed by atoms with E-state index >= 15 is 0 Å². The summed E-state index contributed by atoms with van der Waals surface area (Å²) in [5, 5.41) is 30.6. The Bertz CT molecular complexity index is 1180. The maximum atomic E-state index is 12.8. The van der Waals surface area contributed by atoms with Gasteiger partial charge in [-0.2, -0.15) is 8.42 Å². The summed E-state index contributed by atoms with van der Waals surface area (Å²) in [5.74, 6) is -0.411. The number of hydrogen-bond donors (Lipinski definition) is 4. The maximum Gasteiger partial charge on any atom is 0.397 e. The van der Waals surface area contributed by atoms with E-state index < -0.39 is 59.8 Å². The van der Waals surface area contributed by atoms with E-state index in [4.69, 9.17) is 23.5 Å². The lowest BCUT2D eigenvalue weighted by molar-refractivity contribution is -0.301. The molecule has 1 saturated heterocycles. The number of carbonyl (C=O) groups excluding carboxylic acids is 1. The lowest BCUT2D eigenvalue weighted by atomic mass is 9.99. The normalized spacial score (nSPS) is 20.7. The zero-order valence-corrected chi connectivity index (χ0v) is 37.6. The molecule has 0 spiro atoms. The second kappa shape index (κ2) is 38.0. The first-order valence-corrected chi connectivity index (χ1v) is 24.6. The van der Waals surface area contributed by atoms with Gasteiger partial charge >= 0.3 is 16.4 Å². The highest BCUT2D eigenvalue weighted by Gasteiger charge is 2.48. The molecule has 59 heavy (non-hydrogen) atoms. The predicted octanol–water partition coefficient (Wildman–Crippen LogP) is 9.80. The molecule has 0 aromatic carbocycles. The Balaban J connectivity index is 2.40. The fourth-order valence-electron chi connectivity index (χ4n) is 6.97. The van der Waals surface area contributed by atoms with Crippen molar-refractivity contribution in [2.24, 2.45) is 0 Å². The van der Waals surface area contributed by atoms with Crippen LogP contribution in [0.1, 0.15) is 187 Å². The molecule has 0 radical (unpaired) electrons. The fraction of sp³-hybridized carbons (Fsp3) is 0.848. The Kier molecular flexibility index (Phi) is 35.7. The monoisotopic (exact) mass is 861 g/mol. The second-order valence-electron chi connectivity index (χ2n) is 16.0. The summed E-state index contributed by atoms with van der Waals surface area (Å²) in [4.78, 5) is 12.8.